The zero-order valence-electron chi connectivity index (χ0n) is 9.89. The lowest BCUT2D eigenvalue weighted by molar-refractivity contribution is -0.143. The van der Waals surface area contributed by atoms with Crippen molar-refractivity contribution >= 4 is 18.4 Å². The molecule has 1 aromatic rings. The fraction of sp³-hybridized carbons (Fsp3) is 0.462. The van der Waals surface area contributed by atoms with Crippen molar-refractivity contribution in [1.29, 1.82) is 0 Å². The SMILES string of the molecule is COC(=O)[C@@H]1C[C@H](c2ccccc2)CCN1.Cl. The van der Waals surface area contributed by atoms with E-state index in [0.717, 1.165) is 19.4 Å². The minimum Gasteiger partial charge on any atom is -0.468 e. The Balaban J connectivity index is 0.00000144. The van der Waals surface area contributed by atoms with Crippen molar-refractivity contribution < 1.29 is 9.53 Å². The lowest BCUT2D eigenvalue weighted by atomic mass is 9.86. The molecule has 1 aliphatic heterocycles. The van der Waals surface area contributed by atoms with Crippen LogP contribution in [0, 0.1) is 0 Å². The van der Waals surface area contributed by atoms with Crippen molar-refractivity contribution in [3.63, 3.8) is 0 Å². The van der Waals surface area contributed by atoms with E-state index in [4.69, 9.17) is 4.74 Å². The maximum atomic E-state index is 11.5. The van der Waals surface area contributed by atoms with Gasteiger partial charge in [-0.25, -0.2) is 0 Å². The van der Waals surface area contributed by atoms with Crippen molar-refractivity contribution in [2.45, 2.75) is 24.8 Å². The molecule has 0 bridgehead atoms. The predicted molar refractivity (Wildman–Crippen MR) is 69.5 cm³/mol. The van der Waals surface area contributed by atoms with Gasteiger partial charge >= 0.3 is 5.97 Å². The molecule has 1 saturated heterocycles. The second kappa shape index (κ2) is 6.62. The Bertz CT molecular complexity index is 356. The summed E-state index contributed by atoms with van der Waals surface area (Å²) in [5.74, 6) is 0.312. The Morgan fingerprint density at radius 3 is 2.71 bits per heavy atom. The van der Waals surface area contributed by atoms with Crippen molar-refractivity contribution in [1.82, 2.24) is 5.32 Å². The Morgan fingerprint density at radius 2 is 2.06 bits per heavy atom. The van der Waals surface area contributed by atoms with Crippen molar-refractivity contribution in [2.75, 3.05) is 13.7 Å². The lowest BCUT2D eigenvalue weighted by Gasteiger charge is -2.28. The first-order chi connectivity index (χ1) is 7.81. The minimum atomic E-state index is -0.152. The van der Waals surface area contributed by atoms with Crippen LogP contribution in [0.25, 0.3) is 0 Å². The first kappa shape index (κ1) is 14.0. The smallest absolute Gasteiger partial charge is 0.322 e. The molecule has 0 unspecified atom stereocenters. The third-order valence-electron chi connectivity index (χ3n) is 3.16. The van der Waals surface area contributed by atoms with E-state index in [0.29, 0.717) is 5.92 Å². The minimum absolute atomic E-state index is 0. The molecule has 2 rings (SSSR count). The summed E-state index contributed by atoms with van der Waals surface area (Å²) in [5, 5.41) is 3.19. The van der Waals surface area contributed by atoms with Crippen LogP contribution in [0.4, 0.5) is 0 Å². The van der Waals surface area contributed by atoms with Crippen LogP contribution in [0.15, 0.2) is 30.3 Å². The molecule has 4 heteroatoms. The van der Waals surface area contributed by atoms with Gasteiger partial charge in [0.2, 0.25) is 0 Å². The van der Waals surface area contributed by atoms with Crippen LogP contribution in [0.1, 0.15) is 24.3 Å². The van der Waals surface area contributed by atoms with E-state index in [1.165, 1.54) is 12.7 Å². The monoisotopic (exact) mass is 255 g/mol. The normalized spacial score (nSPS) is 23.6. The van der Waals surface area contributed by atoms with Gasteiger partial charge in [-0.15, -0.1) is 12.4 Å². The van der Waals surface area contributed by atoms with Gasteiger partial charge in [0.15, 0.2) is 0 Å². The number of nitrogens with one attached hydrogen (secondary N) is 1. The van der Waals surface area contributed by atoms with Crippen LogP contribution >= 0.6 is 12.4 Å². The van der Waals surface area contributed by atoms with Crippen LogP contribution in [-0.2, 0) is 9.53 Å². The molecule has 0 saturated carbocycles. The average molecular weight is 256 g/mol. The molecule has 17 heavy (non-hydrogen) atoms. The third-order valence-corrected chi connectivity index (χ3v) is 3.16. The van der Waals surface area contributed by atoms with Crippen LogP contribution in [0.5, 0.6) is 0 Å². The number of ether oxygens (including phenoxy) is 1. The van der Waals surface area contributed by atoms with Gasteiger partial charge in [-0.3, -0.25) is 4.79 Å². The van der Waals surface area contributed by atoms with Gasteiger partial charge in [0.25, 0.3) is 0 Å². The largest absolute Gasteiger partial charge is 0.468 e. The number of rotatable bonds is 2. The van der Waals surface area contributed by atoms with Gasteiger partial charge in [0, 0.05) is 0 Å². The van der Waals surface area contributed by atoms with Crippen molar-refractivity contribution in [3.05, 3.63) is 35.9 Å². The molecule has 0 aliphatic carbocycles. The summed E-state index contributed by atoms with van der Waals surface area (Å²) in [5.41, 5.74) is 1.32. The topological polar surface area (TPSA) is 38.3 Å². The number of methoxy groups -OCH3 is 1. The second-order valence-electron chi connectivity index (χ2n) is 4.16. The Morgan fingerprint density at radius 1 is 1.35 bits per heavy atom. The Hall–Kier alpha value is -1.06. The van der Waals surface area contributed by atoms with E-state index in [1.54, 1.807) is 0 Å². The highest BCUT2D eigenvalue weighted by atomic mass is 35.5. The van der Waals surface area contributed by atoms with Crippen LogP contribution in [-0.4, -0.2) is 25.7 Å². The second-order valence-corrected chi connectivity index (χ2v) is 4.16. The first-order valence-corrected chi connectivity index (χ1v) is 5.67. The fourth-order valence-electron chi connectivity index (χ4n) is 2.27. The van der Waals surface area contributed by atoms with E-state index < -0.39 is 0 Å². The number of piperidine rings is 1. The van der Waals surface area contributed by atoms with E-state index in [2.05, 4.69) is 17.4 Å². The van der Waals surface area contributed by atoms with Gasteiger partial charge < -0.3 is 10.1 Å². The number of esters is 1. The molecule has 1 heterocycles. The van der Waals surface area contributed by atoms with Crippen molar-refractivity contribution in [2.24, 2.45) is 0 Å². The summed E-state index contributed by atoms with van der Waals surface area (Å²) in [6.07, 6.45) is 1.91. The summed E-state index contributed by atoms with van der Waals surface area (Å²) < 4.78 is 4.77. The highest BCUT2D eigenvalue weighted by Gasteiger charge is 2.27. The third kappa shape index (κ3) is 3.45. The van der Waals surface area contributed by atoms with Gasteiger partial charge in [-0.1, -0.05) is 30.3 Å². The summed E-state index contributed by atoms with van der Waals surface area (Å²) in [4.78, 5) is 11.5. The summed E-state index contributed by atoms with van der Waals surface area (Å²) in [6.45, 7) is 0.874. The van der Waals surface area contributed by atoms with E-state index >= 15 is 0 Å². The van der Waals surface area contributed by atoms with Gasteiger partial charge in [-0.05, 0) is 30.9 Å². The van der Waals surface area contributed by atoms with Gasteiger partial charge in [0.05, 0.1) is 7.11 Å². The molecular weight excluding hydrogens is 238 g/mol. The van der Waals surface area contributed by atoms with Crippen LogP contribution in [0.2, 0.25) is 0 Å². The fourth-order valence-corrected chi connectivity index (χ4v) is 2.27. The predicted octanol–water partition coefficient (Wildman–Crippen LogP) is 2.12. The van der Waals surface area contributed by atoms with Crippen LogP contribution < -0.4 is 5.32 Å². The number of benzene rings is 1. The molecule has 1 N–H and O–H groups in total. The highest BCUT2D eigenvalue weighted by molar-refractivity contribution is 5.85. The van der Waals surface area contributed by atoms with E-state index in [9.17, 15) is 4.79 Å². The standard InChI is InChI=1S/C13H17NO2.ClH/c1-16-13(15)12-9-11(7-8-14-12)10-5-3-2-4-6-10;/h2-6,11-12,14H,7-9H2,1H3;1H/t11-,12+;/m1./s1. The molecule has 1 fully saturated rings. The summed E-state index contributed by atoms with van der Waals surface area (Å²) >= 11 is 0. The number of hydrogen-bond donors (Lipinski definition) is 1. The quantitative estimate of drug-likeness (QED) is 0.823. The summed E-state index contributed by atoms with van der Waals surface area (Å²) in [7, 11) is 1.44. The summed E-state index contributed by atoms with van der Waals surface area (Å²) in [6, 6.07) is 10.2. The number of hydrogen-bond acceptors (Lipinski definition) is 3. The molecule has 0 aromatic heterocycles. The van der Waals surface area contributed by atoms with Gasteiger partial charge in [0.1, 0.15) is 6.04 Å². The van der Waals surface area contributed by atoms with E-state index in [-0.39, 0.29) is 24.4 Å². The average Bonchev–Trinajstić information content (AvgIpc) is 2.39. The van der Waals surface area contributed by atoms with Crippen LogP contribution in [0.3, 0.4) is 0 Å². The zero-order chi connectivity index (χ0) is 11.4. The number of carbonyl (C=O) groups excluding carboxylic acids is 1. The Kier molecular flexibility index (Phi) is 5.45. The van der Waals surface area contributed by atoms with E-state index in [1.807, 2.05) is 18.2 Å². The molecule has 0 radical (unpaired) electrons. The molecule has 2 atom stereocenters. The maximum absolute atomic E-state index is 11.5. The molecule has 0 spiro atoms. The number of halogens is 1. The van der Waals surface area contributed by atoms with Gasteiger partial charge in [-0.2, -0.15) is 0 Å². The lowest BCUT2D eigenvalue weighted by Crippen LogP contribution is -2.43. The molecule has 3 nitrogen and oxygen atoms in total. The zero-order valence-corrected chi connectivity index (χ0v) is 10.7. The molecule has 1 aliphatic rings. The molecular formula is C13H18ClNO2. The number of carbonyl (C=O) groups is 1. The molecule has 1 aromatic carbocycles. The highest BCUT2D eigenvalue weighted by Crippen LogP contribution is 2.27. The maximum Gasteiger partial charge on any atom is 0.322 e. The van der Waals surface area contributed by atoms with Crippen molar-refractivity contribution in [3.8, 4) is 0 Å². The first-order valence-electron chi connectivity index (χ1n) is 5.67. The Labute approximate surface area is 108 Å². The molecule has 94 valence electrons. The molecule has 0 amide bonds.